The molecular weight excluding hydrogens is 475 g/mol. The number of alkyl halides is 3. The molecule has 0 bridgehead atoms. The molecule has 1 heterocycles. The zero-order valence-corrected chi connectivity index (χ0v) is 20.0. The van der Waals surface area contributed by atoms with Crippen molar-refractivity contribution >= 4 is 39.8 Å². The predicted octanol–water partition coefficient (Wildman–Crippen LogP) is 6.20. The number of fused-ring (bicyclic) bond motifs is 1. The minimum absolute atomic E-state index is 0.166. The highest BCUT2D eigenvalue weighted by atomic mass is 32.2. The summed E-state index contributed by atoms with van der Waals surface area (Å²) < 4.78 is 40.7. The first kappa shape index (κ1) is 24.6. The van der Waals surface area contributed by atoms with Gasteiger partial charge in [0.15, 0.2) is 11.0 Å². The average Bonchev–Trinajstić information content (AvgIpc) is 3.23. The maximum absolute atomic E-state index is 13.0. The summed E-state index contributed by atoms with van der Waals surface area (Å²) in [6.07, 6.45) is -4.41. The van der Waals surface area contributed by atoms with Gasteiger partial charge in [0, 0.05) is 23.3 Å². The van der Waals surface area contributed by atoms with Gasteiger partial charge in [0.05, 0.1) is 17.4 Å². The van der Waals surface area contributed by atoms with Crippen molar-refractivity contribution in [1.29, 1.82) is 0 Å². The van der Waals surface area contributed by atoms with Crippen LogP contribution >= 0.6 is 11.8 Å². The predicted molar refractivity (Wildman–Crippen MR) is 132 cm³/mol. The van der Waals surface area contributed by atoms with Crippen molar-refractivity contribution in [2.75, 3.05) is 10.6 Å². The fourth-order valence-electron chi connectivity index (χ4n) is 3.62. The van der Waals surface area contributed by atoms with E-state index in [-0.39, 0.29) is 12.5 Å². The summed E-state index contributed by atoms with van der Waals surface area (Å²) in [5, 5.41) is 16.5. The normalized spacial score (nSPS) is 12.5. The highest BCUT2D eigenvalue weighted by Gasteiger charge is 2.30. The Labute approximate surface area is 204 Å². The fourth-order valence-corrected chi connectivity index (χ4v) is 4.55. The van der Waals surface area contributed by atoms with E-state index in [2.05, 4.69) is 20.8 Å². The summed E-state index contributed by atoms with van der Waals surface area (Å²) in [4.78, 5) is 12.9. The minimum atomic E-state index is -4.41. The third-order valence-corrected chi connectivity index (χ3v) is 6.53. The number of amides is 1. The molecule has 0 aliphatic heterocycles. The van der Waals surface area contributed by atoms with Crippen LogP contribution < -0.4 is 10.6 Å². The van der Waals surface area contributed by atoms with Crippen LogP contribution in [0.4, 0.5) is 24.5 Å². The van der Waals surface area contributed by atoms with Crippen LogP contribution in [0.3, 0.4) is 0 Å². The summed E-state index contributed by atoms with van der Waals surface area (Å²) in [6, 6.07) is 18.6. The SMILES string of the molecule is CCn1c(CNc2cccc(C(F)(F)F)c2)nnc1SC(C)C(=O)Nc1cccc2ccccc12. The van der Waals surface area contributed by atoms with E-state index in [0.717, 1.165) is 28.6 Å². The van der Waals surface area contributed by atoms with Crippen LogP contribution in [0.1, 0.15) is 25.2 Å². The molecule has 1 atom stereocenters. The van der Waals surface area contributed by atoms with Gasteiger partial charge in [-0.25, -0.2) is 0 Å². The molecule has 1 amide bonds. The Morgan fingerprint density at radius 3 is 2.57 bits per heavy atom. The van der Waals surface area contributed by atoms with E-state index >= 15 is 0 Å². The van der Waals surface area contributed by atoms with Gasteiger partial charge < -0.3 is 15.2 Å². The number of aromatic nitrogens is 3. The molecule has 0 aliphatic carbocycles. The third kappa shape index (κ3) is 5.76. The molecule has 1 aromatic heterocycles. The molecule has 10 heteroatoms. The van der Waals surface area contributed by atoms with E-state index in [1.54, 1.807) is 13.0 Å². The quantitative estimate of drug-likeness (QED) is 0.283. The van der Waals surface area contributed by atoms with Gasteiger partial charge in [-0.05, 0) is 43.5 Å². The van der Waals surface area contributed by atoms with Gasteiger partial charge in [-0.1, -0.05) is 54.2 Å². The summed E-state index contributed by atoms with van der Waals surface area (Å²) in [5.74, 6) is 0.398. The molecular formula is C25H24F3N5OS. The number of carbonyl (C=O) groups excluding carboxylic acids is 1. The van der Waals surface area contributed by atoms with Crippen molar-refractivity contribution in [2.24, 2.45) is 0 Å². The van der Waals surface area contributed by atoms with E-state index < -0.39 is 17.0 Å². The molecule has 0 fully saturated rings. The minimum Gasteiger partial charge on any atom is -0.378 e. The van der Waals surface area contributed by atoms with E-state index in [9.17, 15) is 18.0 Å². The number of nitrogens with zero attached hydrogens (tertiary/aromatic N) is 3. The summed E-state index contributed by atoms with van der Waals surface area (Å²) >= 11 is 1.28. The molecule has 0 spiro atoms. The van der Waals surface area contributed by atoms with Gasteiger partial charge in [-0.2, -0.15) is 13.2 Å². The molecule has 2 N–H and O–H groups in total. The highest BCUT2D eigenvalue weighted by Crippen LogP contribution is 2.31. The first-order valence-electron chi connectivity index (χ1n) is 11.0. The molecule has 182 valence electrons. The molecule has 0 aliphatic rings. The second-order valence-corrected chi connectivity index (χ2v) is 9.16. The standard InChI is InChI=1S/C25H24F3N5OS/c1-3-33-22(15-29-19-11-7-10-18(14-19)25(26,27)28)31-32-24(33)35-16(2)23(34)30-21-13-6-9-17-8-4-5-12-20(17)21/h4-14,16,29H,3,15H2,1-2H3,(H,30,34). The molecule has 1 unspecified atom stereocenters. The highest BCUT2D eigenvalue weighted by molar-refractivity contribution is 8.00. The van der Waals surface area contributed by atoms with Crippen molar-refractivity contribution in [2.45, 2.75) is 43.5 Å². The van der Waals surface area contributed by atoms with Crippen molar-refractivity contribution in [3.05, 3.63) is 78.1 Å². The lowest BCUT2D eigenvalue weighted by molar-refractivity contribution is -0.137. The van der Waals surface area contributed by atoms with Crippen LogP contribution in [0, 0.1) is 0 Å². The molecule has 0 saturated carbocycles. The van der Waals surface area contributed by atoms with Gasteiger partial charge >= 0.3 is 6.18 Å². The van der Waals surface area contributed by atoms with Crippen molar-refractivity contribution < 1.29 is 18.0 Å². The Balaban J connectivity index is 1.43. The van der Waals surface area contributed by atoms with Gasteiger partial charge in [0.1, 0.15) is 0 Å². The second kappa shape index (κ2) is 10.4. The topological polar surface area (TPSA) is 71.8 Å². The van der Waals surface area contributed by atoms with Crippen LogP contribution in [0.15, 0.2) is 71.9 Å². The van der Waals surface area contributed by atoms with Crippen LogP contribution in [0.25, 0.3) is 10.8 Å². The molecule has 35 heavy (non-hydrogen) atoms. The van der Waals surface area contributed by atoms with Crippen molar-refractivity contribution in [3.8, 4) is 0 Å². The van der Waals surface area contributed by atoms with Crippen LogP contribution in [-0.4, -0.2) is 25.9 Å². The van der Waals surface area contributed by atoms with Gasteiger partial charge in [0.2, 0.25) is 5.91 Å². The second-order valence-electron chi connectivity index (χ2n) is 7.85. The monoisotopic (exact) mass is 499 g/mol. The maximum Gasteiger partial charge on any atom is 0.416 e. The lowest BCUT2D eigenvalue weighted by Crippen LogP contribution is -2.23. The Bertz CT molecular complexity index is 1330. The Morgan fingerprint density at radius 2 is 1.80 bits per heavy atom. The smallest absolute Gasteiger partial charge is 0.378 e. The number of nitrogens with one attached hydrogen (secondary N) is 2. The zero-order chi connectivity index (χ0) is 25.0. The van der Waals surface area contributed by atoms with E-state index in [1.807, 2.05) is 54.0 Å². The van der Waals surface area contributed by atoms with E-state index in [4.69, 9.17) is 0 Å². The Kier molecular flexibility index (Phi) is 7.30. The average molecular weight is 500 g/mol. The van der Waals surface area contributed by atoms with Crippen LogP contribution in [-0.2, 0) is 24.1 Å². The van der Waals surface area contributed by atoms with Crippen molar-refractivity contribution in [3.63, 3.8) is 0 Å². The van der Waals surface area contributed by atoms with Crippen molar-refractivity contribution in [1.82, 2.24) is 14.8 Å². The molecule has 0 saturated heterocycles. The number of anilines is 2. The number of halogens is 3. The Morgan fingerprint density at radius 1 is 1.06 bits per heavy atom. The molecule has 0 radical (unpaired) electrons. The van der Waals surface area contributed by atoms with Crippen LogP contribution in [0.2, 0.25) is 0 Å². The van der Waals surface area contributed by atoms with E-state index in [1.165, 1.54) is 17.8 Å². The number of carbonyl (C=O) groups is 1. The lowest BCUT2D eigenvalue weighted by atomic mass is 10.1. The number of hydrogen-bond acceptors (Lipinski definition) is 5. The van der Waals surface area contributed by atoms with E-state index in [0.29, 0.717) is 23.2 Å². The number of benzene rings is 3. The molecule has 3 aromatic carbocycles. The van der Waals surface area contributed by atoms with Gasteiger partial charge in [0.25, 0.3) is 0 Å². The summed E-state index contributed by atoms with van der Waals surface area (Å²) in [6.45, 7) is 4.45. The van der Waals surface area contributed by atoms with Gasteiger partial charge in [-0.3, -0.25) is 4.79 Å². The third-order valence-electron chi connectivity index (χ3n) is 5.45. The lowest BCUT2D eigenvalue weighted by Gasteiger charge is -2.14. The van der Waals surface area contributed by atoms with Gasteiger partial charge in [-0.15, -0.1) is 10.2 Å². The Hall–Kier alpha value is -3.53. The zero-order valence-electron chi connectivity index (χ0n) is 19.1. The van der Waals surface area contributed by atoms with Crippen LogP contribution in [0.5, 0.6) is 0 Å². The number of hydrogen-bond donors (Lipinski definition) is 2. The summed E-state index contributed by atoms with van der Waals surface area (Å²) in [7, 11) is 0. The maximum atomic E-state index is 13.0. The number of rotatable bonds is 8. The molecule has 4 rings (SSSR count). The fraction of sp³-hybridized carbons (Fsp3) is 0.240. The summed E-state index contributed by atoms with van der Waals surface area (Å²) in [5.41, 5.74) is 0.354. The first-order chi connectivity index (χ1) is 16.8. The first-order valence-corrected chi connectivity index (χ1v) is 11.9. The largest absolute Gasteiger partial charge is 0.416 e. The molecule has 6 nitrogen and oxygen atoms in total. The molecule has 4 aromatic rings. The number of thioether (sulfide) groups is 1.